The van der Waals surface area contributed by atoms with E-state index in [0.29, 0.717) is 23.1 Å². The number of amides is 1. The Balaban J connectivity index is 1.45. The fourth-order valence-corrected chi connectivity index (χ4v) is 4.82. The normalized spacial score (nSPS) is 10.8. The van der Waals surface area contributed by atoms with Crippen LogP contribution in [-0.4, -0.2) is 34.4 Å². The number of carbonyl (C=O) groups excluding carboxylic acids is 1. The van der Waals surface area contributed by atoms with Crippen LogP contribution in [0.2, 0.25) is 5.02 Å². The van der Waals surface area contributed by atoms with Gasteiger partial charge in [0.1, 0.15) is 5.75 Å². The van der Waals surface area contributed by atoms with Gasteiger partial charge in [0.25, 0.3) is 5.91 Å². The molecular formula is C29H30ClN3O2S. The fraction of sp³-hybridized carbons (Fsp3) is 0.241. The first-order valence-corrected chi connectivity index (χ1v) is 13.5. The molecular weight excluding hydrogens is 490 g/mol. The van der Waals surface area contributed by atoms with Gasteiger partial charge in [-0.1, -0.05) is 97.4 Å². The number of imidazole rings is 1. The molecule has 0 spiro atoms. The number of hydrogen-bond donors (Lipinski definition) is 1. The molecule has 1 heterocycles. The topological polar surface area (TPSA) is 56.2 Å². The Kier molecular flexibility index (Phi) is 9.47. The summed E-state index contributed by atoms with van der Waals surface area (Å²) in [7, 11) is 0. The van der Waals surface area contributed by atoms with Crippen molar-refractivity contribution in [3.8, 4) is 28.3 Å². The lowest BCUT2D eigenvalue weighted by atomic mass is 10.0. The zero-order valence-corrected chi connectivity index (χ0v) is 21.9. The molecule has 4 rings (SSSR count). The maximum atomic E-state index is 12.2. The van der Waals surface area contributed by atoms with Gasteiger partial charge >= 0.3 is 0 Å². The molecule has 3 aromatic carbocycles. The third-order valence-corrected chi connectivity index (χ3v) is 6.83. The molecule has 186 valence electrons. The minimum Gasteiger partial charge on any atom is -0.484 e. The van der Waals surface area contributed by atoms with Crippen LogP contribution in [0.4, 0.5) is 0 Å². The van der Waals surface area contributed by atoms with Gasteiger partial charge in [-0.15, -0.1) is 0 Å². The molecule has 0 saturated heterocycles. The number of nitrogens with zero attached hydrogens (tertiary/aromatic N) is 2. The zero-order chi connectivity index (χ0) is 25.2. The molecule has 0 aliphatic carbocycles. The van der Waals surface area contributed by atoms with Crippen LogP contribution in [-0.2, 0) is 11.3 Å². The maximum absolute atomic E-state index is 12.2. The van der Waals surface area contributed by atoms with Crippen LogP contribution in [0, 0.1) is 0 Å². The summed E-state index contributed by atoms with van der Waals surface area (Å²) in [5.41, 5.74) is 4.37. The Morgan fingerprint density at radius 3 is 2.31 bits per heavy atom. The van der Waals surface area contributed by atoms with Gasteiger partial charge in [0.2, 0.25) is 0 Å². The predicted molar refractivity (Wildman–Crippen MR) is 149 cm³/mol. The summed E-state index contributed by atoms with van der Waals surface area (Å²) in [6.45, 7) is 3.58. The molecule has 0 aliphatic heterocycles. The largest absolute Gasteiger partial charge is 0.484 e. The van der Waals surface area contributed by atoms with Crippen LogP contribution in [0.3, 0.4) is 0 Å². The third-order valence-electron chi connectivity index (χ3n) is 5.60. The van der Waals surface area contributed by atoms with E-state index >= 15 is 0 Å². The Morgan fingerprint density at radius 1 is 0.972 bits per heavy atom. The SMILES string of the molecule is CCCCn1c(SCCNC(=O)COc2ccc(Cl)cc2)nc(-c2ccccc2)c1-c1ccccc1. The molecule has 5 nitrogen and oxygen atoms in total. The van der Waals surface area contributed by atoms with E-state index in [1.54, 1.807) is 36.0 Å². The molecule has 7 heteroatoms. The van der Waals surface area contributed by atoms with E-state index in [1.807, 2.05) is 24.3 Å². The van der Waals surface area contributed by atoms with Crippen molar-refractivity contribution in [2.24, 2.45) is 0 Å². The van der Waals surface area contributed by atoms with Crippen LogP contribution in [0.15, 0.2) is 90.1 Å². The first kappa shape index (κ1) is 25.9. The number of ether oxygens (including phenoxy) is 1. The van der Waals surface area contributed by atoms with Gasteiger partial charge in [-0.05, 0) is 30.7 Å². The van der Waals surface area contributed by atoms with Crippen molar-refractivity contribution in [1.29, 1.82) is 0 Å². The van der Waals surface area contributed by atoms with Crippen molar-refractivity contribution in [2.45, 2.75) is 31.5 Å². The lowest BCUT2D eigenvalue weighted by Gasteiger charge is -2.13. The standard InChI is InChI=1S/C29H30ClN3O2S/c1-2-3-19-33-28(23-12-8-5-9-13-23)27(22-10-6-4-7-11-22)32-29(33)36-20-18-31-26(34)21-35-25-16-14-24(30)15-17-25/h4-17H,2-3,18-21H2,1H3,(H,31,34). The predicted octanol–water partition coefficient (Wildman–Crippen LogP) is 6.96. The zero-order valence-electron chi connectivity index (χ0n) is 20.3. The number of halogens is 1. The fourth-order valence-electron chi connectivity index (χ4n) is 3.82. The van der Waals surface area contributed by atoms with Gasteiger partial charge in [-0.25, -0.2) is 4.98 Å². The van der Waals surface area contributed by atoms with E-state index in [4.69, 9.17) is 21.3 Å². The molecule has 1 N–H and O–H groups in total. The second-order valence-electron chi connectivity index (χ2n) is 8.27. The minimum atomic E-state index is -0.158. The van der Waals surface area contributed by atoms with Gasteiger partial charge < -0.3 is 14.6 Å². The van der Waals surface area contributed by atoms with Gasteiger partial charge in [-0.2, -0.15) is 0 Å². The van der Waals surface area contributed by atoms with E-state index in [1.165, 1.54) is 0 Å². The molecule has 0 unspecified atom stereocenters. The second kappa shape index (κ2) is 13.2. The number of unbranched alkanes of at least 4 members (excludes halogenated alkanes) is 1. The van der Waals surface area contributed by atoms with E-state index < -0.39 is 0 Å². The Morgan fingerprint density at radius 2 is 1.64 bits per heavy atom. The van der Waals surface area contributed by atoms with Crippen LogP contribution in [0.5, 0.6) is 5.75 Å². The number of aromatic nitrogens is 2. The van der Waals surface area contributed by atoms with Gasteiger partial charge in [-0.3, -0.25) is 4.79 Å². The van der Waals surface area contributed by atoms with E-state index in [-0.39, 0.29) is 12.5 Å². The molecule has 1 aromatic heterocycles. The third kappa shape index (κ3) is 6.93. The molecule has 0 fully saturated rings. The summed E-state index contributed by atoms with van der Waals surface area (Å²) in [5, 5.41) is 4.53. The van der Waals surface area contributed by atoms with Crippen LogP contribution in [0.25, 0.3) is 22.5 Å². The molecule has 0 radical (unpaired) electrons. The van der Waals surface area contributed by atoms with Crippen molar-refractivity contribution < 1.29 is 9.53 Å². The maximum Gasteiger partial charge on any atom is 0.257 e. The first-order valence-electron chi connectivity index (χ1n) is 12.1. The van der Waals surface area contributed by atoms with Crippen molar-refractivity contribution in [1.82, 2.24) is 14.9 Å². The summed E-state index contributed by atoms with van der Waals surface area (Å²) < 4.78 is 7.86. The van der Waals surface area contributed by atoms with Crippen molar-refractivity contribution in [3.63, 3.8) is 0 Å². The monoisotopic (exact) mass is 519 g/mol. The number of carbonyl (C=O) groups is 1. The van der Waals surface area contributed by atoms with Crippen molar-refractivity contribution in [2.75, 3.05) is 18.9 Å². The van der Waals surface area contributed by atoms with Crippen molar-refractivity contribution in [3.05, 3.63) is 90.0 Å². The van der Waals surface area contributed by atoms with E-state index in [2.05, 4.69) is 53.2 Å². The highest BCUT2D eigenvalue weighted by Crippen LogP contribution is 2.36. The summed E-state index contributed by atoms with van der Waals surface area (Å²) in [4.78, 5) is 17.3. The Hall–Kier alpha value is -3.22. The summed E-state index contributed by atoms with van der Waals surface area (Å²) in [5.74, 6) is 1.16. The highest BCUT2D eigenvalue weighted by atomic mass is 35.5. The lowest BCUT2D eigenvalue weighted by Crippen LogP contribution is -2.30. The average molecular weight is 520 g/mol. The number of hydrogen-bond acceptors (Lipinski definition) is 4. The summed E-state index contributed by atoms with van der Waals surface area (Å²) in [6, 6.07) is 27.7. The lowest BCUT2D eigenvalue weighted by molar-refractivity contribution is -0.122. The number of nitrogens with one attached hydrogen (secondary N) is 1. The van der Waals surface area contributed by atoms with Crippen molar-refractivity contribution >= 4 is 29.3 Å². The number of benzene rings is 3. The molecule has 0 saturated carbocycles. The minimum absolute atomic E-state index is 0.0340. The van der Waals surface area contributed by atoms with Gasteiger partial charge in [0.15, 0.2) is 11.8 Å². The Bertz CT molecular complexity index is 1250. The average Bonchev–Trinajstić information content (AvgIpc) is 3.28. The van der Waals surface area contributed by atoms with Crippen LogP contribution in [0.1, 0.15) is 19.8 Å². The van der Waals surface area contributed by atoms with Gasteiger partial charge in [0.05, 0.1) is 11.4 Å². The van der Waals surface area contributed by atoms with Crippen LogP contribution >= 0.6 is 23.4 Å². The molecule has 0 aliphatic rings. The highest BCUT2D eigenvalue weighted by molar-refractivity contribution is 7.99. The van der Waals surface area contributed by atoms with Gasteiger partial charge in [0, 0.05) is 35.0 Å². The summed E-state index contributed by atoms with van der Waals surface area (Å²) in [6.07, 6.45) is 2.16. The van der Waals surface area contributed by atoms with E-state index in [0.717, 1.165) is 47.1 Å². The summed E-state index contributed by atoms with van der Waals surface area (Å²) >= 11 is 7.55. The van der Waals surface area contributed by atoms with E-state index in [9.17, 15) is 4.79 Å². The highest BCUT2D eigenvalue weighted by Gasteiger charge is 2.20. The molecule has 1 amide bonds. The smallest absolute Gasteiger partial charge is 0.257 e. The molecule has 0 atom stereocenters. The first-order chi connectivity index (χ1) is 17.7. The van der Waals surface area contributed by atoms with Crippen LogP contribution < -0.4 is 10.1 Å². The Labute approximate surface area is 221 Å². The number of rotatable bonds is 12. The molecule has 36 heavy (non-hydrogen) atoms. The molecule has 4 aromatic rings. The molecule has 0 bridgehead atoms. The number of thioether (sulfide) groups is 1. The second-order valence-corrected chi connectivity index (χ2v) is 9.77. The quantitative estimate of drug-likeness (QED) is 0.162.